The highest BCUT2D eigenvalue weighted by Crippen LogP contribution is 2.09. The van der Waals surface area contributed by atoms with Crippen LogP contribution in [-0.2, 0) is 4.79 Å². The quantitative estimate of drug-likeness (QED) is 0.587. The summed E-state index contributed by atoms with van der Waals surface area (Å²) in [7, 11) is 0. The van der Waals surface area contributed by atoms with Gasteiger partial charge in [-0.25, -0.2) is 0 Å². The van der Waals surface area contributed by atoms with E-state index in [0.717, 1.165) is 12.8 Å². The van der Waals surface area contributed by atoms with Crippen molar-refractivity contribution in [1.29, 1.82) is 0 Å². The van der Waals surface area contributed by atoms with Crippen LogP contribution in [-0.4, -0.2) is 16.6 Å². The van der Waals surface area contributed by atoms with Gasteiger partial charge in [-0.05, 0) is 6.42 Å². The lowest BCUT2D eigenvalue weighted by Crippen LogP contribution is -1.93. The zero-order valence-electron chi connectivity index (χ0n) is 9.22. The van der Waals surface area contributed by atoms with Crippen molar-refractivity contribution in [3.8, 4) is 0 Å². The fraction of sp³-hybridized carbons (Fsp3) is 0.909. The highest BCUT2D eigenvalue weighted by Gasteiger charge is 1.95. The van der Waals surface area contributed by atoms with E-state index < -0.39 is 5.97 Å². The summed E-state index contributed by atoms with van der Waals surface area (Å²) in [5, 5.41) is 8.39. The van der Waals surface area contributed by atoms with Gasteiger partial charge >= 0.3 is 5.97 Å². The van der Waals surface area contributed by atoms with E-state index in [-0.39, 0.29) is 5.48 Å². The molecule has 0 saturated heterocycles. The molecule has 3 heteroatoms. The fourth-order valence-electron chi connectivity index (χ4n) is 1.41. The molecule has 0 fully saturated rings. The molecule has 0 aromatic rings. The van der Waals surface area contributed by atoms with E-state index in [4.69, 9.17) is 5.11 Å². The topological polar surface area (TPSA) is 68.8 Å². The lowest BCUT2D eigenvalue weighted by Gasteiger charge is -1.99. The Labute approximate surface area is 86.8 Å². The van der Waals surface area contributed by atoms with Gasteiger partial charge in [0.15, 0.2) is 0 Å². The number of hydrogen-bond donors (Lipinski definition) is 1. The lowest BCUT2D eigenvalue weighted by molar-refractivity contribution is -0.137. The lowest BCUT2D eigenvalue weighted by atomic mass is 10.1. The van der Waals surface area contributed by atoms with Crippen molar-refractivity contribution in [3.63, 3.8) is 0 Å². The van der Waals surface area contributed by atoms with Gasteiger partial charge in [0.05, 0.1) is 0 Å². The molecule has 0 aromatic heterocycles. The summed E-state index contributed by atoms with van der Waals surface area (Å²) in [4.78, 5) is 10.2. The Morgan fingerprint density at radius 2 is 1.36 bits per heavy atom. The summed E-state index contributed by atoms with van der Waals surface area (Å²) in [5.74, 6) is -0.661. The molecule has 14 heavy (non-hydrogen) atoms. The van der Waals surface area contributed by atoms with Gasteiger partial charge < -0.3 is 10.6 Å². The molecule has 3 nitrogen and oxygen atoms in total. The zero-order valence-corrected chi connectivity index (χ0v) is 9.22. The molecule has 0 aliphatic carbocycles. The summed E-state index contributed by atoms with van der Waals surface area (Å²) in [6, 6.07) is 0. The Bertz CT molecular complexity index is 124. The summed E-state index contributed by atoms with van der Waals surface area (Å²) in [5.41, 5.74) is 0. The zero-order chi connectivity index (χ0) is 9.94. The minimum atomic E-state index is -0.661. The van der Waals surface area contributed by atoms with E-state index in [1.54, 1.807) is 0 Å². The van der Waals surface area contributed by atoms with E-state index in [1.807, 2.05) is 0 Å². The predicted molar refractivity (Wildman–Crippen MR) is 58.5 cm³/mol. The van der Waals surface area contributed by atoms with Crippen molar-refractivity contribution < 1.29 is 15.4 Å². The molecule has 0 saturated carbocycles. The van der Waals surface area contributed by atoms with Crippen molar-refractivity contribution >= 4 is 5.97 Å². The number of aliphatic carboxylic acids is 1. The van der Waals surface area contributed by atoms with Gasteiger partial charge in [-0.1, -0.05) is 51.9 Å². The molecule has 3 N–H and O–H groups in total. The van der Waals surface area contributed by atoms with Crippen LogP contribution in [0.15, 0.2) is 0 Å². The normalized spacial score (nSPS) is 9.50. The Morgan fingerprint density at radius 3 is 1.79 bits per heavy atom. The maximum atomic E-state index is 10.2. The van der Waals surface area contributed by atoms with Crippen LogP contribution >= 0.6 is 0 Å². The third-order valence-electron chi connectivity index (χ3n) is 2.24. The first kappa shape index (κ1) is 15.9. The van der Waals surface area contributed by atoms with Crippen LogP contribution < -0.4 is 0 Å². The number of hydrogen-bond acceptors (Lipinski definition) is 1. The van der Waals surface area contributed by atoms with Crippen molar-refractivity contribution in [2.45, 2.75) is 64.7 Å². The third kappa shape index (κ3) is 14.0. The average molecular weight is 204 g/mol. The summed E-state index contributed by atoms with van der Waals surface area (Å²) < 4.78 is 0. The number of carboxylic acids is 1. The van der Waals surface area contributed by atoms with Crippen molar-refractivity contribution in [2.75, 3.05) is 0 Å². The van der Waals surface area contributed by atoms with Crippen LogP contribution in [0.3, 0.4) is 0 Å². The number of carbonyl (C=O) groups is 1. The monoisotopic (exact) mass is 204 g/mol. The molecule has 0 bridgehead atoms. The first-order valence-electron chi connectivity index (χ1n) is 5.49. The van der Waals surface area contributed by atoms with Gasteiger partial charge in [0.1, 0.15) is 0 Å². The highest BCUT2D eigenvalue weighted by molar-refractivity contribution is 5.66. The summed E-state index contributed by atoms with van der Waals surface area (Å²) in [6.45, 7) is 2.22. The van der Waals surface area contributed by atoms with E-state index in [2.05, 4.69) is 6.92 Å². The van der Waals surface area contributed by atoms with Crippen LogP contribution in [0, 0.1) is 0 Å². The van der Waals surface area contributed by atoms with E-state index >= 15 is 0 Å². The molecular weight excluding hydrogens is 180 g/mol. The first-order chi connectivity index (χ1) is 6.27. The van der Waals surface area contributed by atoms with Gasteiger partial charge in [0.2, 0.25) is 0 Å². The Hall–Kier alpha value is -0.570. The Balaban J connectivity index is 0. The molecule has 86 valence electrons. The Morgan fingerprint density at radius 1 is 0.929 bits per heavy atom. The second-order valence-corrected chi connectivity index (χ2v) is 3.62. The molecule has 0 amide bonds. The molecule has 0 heterocycles. The molecule has 0 rings (SSSR count). The predicted octanol–water partition coefficient (Wildman–Crippen LogP) is 2.78. The van der Waals surface area contributed by atoms with Crippen molar-refractivity contribution in [2.24, 2.45) is 0 Å². The molecular formula is C11H24O3. The largest absolute Gasteiger partial charge is 0.481 e. The molecule has 0 spiro atoms. The van der Waals surface area contributed by atoms with Crippen molar-refractivity contribution in [3.05, 3.63) is 0 Å². The van der Waals surface area contributed by atoms with Gasteiger partial charge in [-0.15, -0.1) is 0 Å². The molecule has 0 atom stereocenters. The van der Waals surface area contributed by atoms with Gasteiger partial charge in [0, 0.05) is 6.42 Å². The van der Waals surface area contributed by atoms with E-state index in [0.29, 0.717) is 6.42 Å². The first-order valence-corrected chi connectivity index (χ1v) is 5.49. The fourth-order valence-corrected chi connectivity index (χ4v) is 1.41. The van der Waals surface area contributed by atoms with Crippen LogP contribution in [0.2, 0.25) is 0 Å². The smallest absolute Gasteiger partial charge is 0.303 e. The highest BCUT2D eigenvalue weighted by atomic mass is 16.4. The number of rotatable bonds is 9. The van der Waals surface area contributed by atoms with Crippen molar-refractivity contribution in [1.82, 2.24) is 0 Å². The SMILES string of the molecule is CCCCCCCCCCC(=O)O.O. The van der Waals surface area contributed by atoms with E-state index in [1.165, 1.54) is 38.5 Å². The summed E-state index contributed by atoms with van der Waals surface area (Å²) >= 11 is 0. The minimum absolute atomic E-state index is 0. The minimum Gasteiger partial charge on any atom is -0.481 e. The maximum absolute atomic E-state index is 10.2. The van der Waals surface area contributed by atoms with Gasteiger partial charge in [-0.3, -0.25) is 4.79 Å². The van der Waals surface area contributed by atoms with Gasteiger partial charge in [-0.2, -0.15) is 0 Å². The molecule has 0 aliphatic rings. The molecule has 0 radical (unpaired) electrons. The second-order valence-electron chi connectivity index (χ2n) is 3.62. The number of carboxylic acid groups (broad SMARTS) is 1. The third-order valence-corrected chi connectivity index (χ3v) is 2.24. The number of unbranched alkanes of at least 4 members (excludes halogenated alkanes) is 7. The molecule has 0 aromatic carbocycles. The van der Waals surface area contributed by atoms with Gasteiger partial charge in [0.25, 0.3) is 0 Å². The van der Waals surface area contributed by atoms with Crippen LogP contribution in [0.25, 0.3) is 0 Å². The van der Waals surface area contributed by atoms with Crippen LogP contribution in [0.1, 0.15) is 64.7 Å². The summed E-state index contributed by atoms with van der Waals surface area (Å²) in [6.07, 6.45) is 10.1. The second kappa shape index (κ2) is 12.4. The van der Waals surface area contributed by atoms with E-state index in [9.17, 15) is 4.79 Å². The molecule has 0 aliphatic heterocycles. The average Bonchev–Trinajstić information content (AvgIpc) is 2.09. The molecule has 0 unspecified atom stereocenters. The Kier molecular flexibility index (Phi) is 14.1. The maximum Gasteiger partial charge on any atom is 0.303 e. The van der Waals surface area contributed by atoms with Crippen LogP contribution in [0.4, 0.5) is 0 Å². The van der Waals surface area contributed by atoms with Crippen LogP contribution in [0.5, 0.6) is 0 Å². The standard InChI is InChI=1S/C11H22O2.H2O/c1-2-3-4-5-6-7-8-9-10-11(12)13;/h2-10H2,1H3,(H,12,13);1H2.